The maximum atomic E-state index is 12.9. The monoisotopic (exact) mass is 447 g/mol. The molecule has 0 unspecified atom stereocenters. The largest absolute Gasteiger partial charge is 0.508 e. The first-order valence-corrected chi connectivity index (χ1v) is 10.2. The zero-order valence-corrected chi connectivity index (χ0v) is 17.3. The first-order valence-electron chi connectivity index (χ1n) is 9.47. The van der Waals surface area contributed by atoms with Crippen molar-refractivity contribution in [1.29, 1.82) is 0 Å². The number of phenolic OH excluding ortho intramolecular Hbond substituents is 1. The van der Waals surface area contributed by atoms with E-state index < -0.39 is 24.0 Å². The predicted molar refractivity (Wildman–Crippen MR) is 112 cm³/mol. The van der Waals surface area contributed by atoms with Gasteiger partial charge in [0.15, 0.2) is 0 Å². The van der Waals surface area contributed by atoms with Gasteiger partial charge in [0.1, 0.15) is 17.8 Å². The molecule has 0 radical (unpaired) electrons. The summed E-state index contributed by atoms with van der Waals surface area (Å²) in [6, 6.07) is 9.58. The summed E-state index contributed by atoms with van der Waals surface area (Å²) in [5, 5.41) is 15.5. The highest BCUT2D eigenvalue weighted by molar-refractivity contribution is 6.39. The fourth-order valence-corrected chi connectivity index (χ4v) is 4.51. The molecule has 4 rings (SSSR count). The maximum Gasteiger partial charge on any atom is 0.254 e. The number of carbonyl (C=O) groups is 3. The van der Waals surface area contributed by atoms with Crippen LogP contribution >= 0.6 is 23.2 Å². The van der Waals surface area contributed by atoms with E-state index in [1.54, 1.807) is 30.3 Å². The second kappa shape index (κ2) is 8.16. The molecule has 3 N–H and O–H groups in total. The number of rotatable bonds is 4. The van der Waals surface area contributed by atoms with Crippen molar-refractivity contribution in [2.75, 3.05) is 6.54 Å². The van der Waals surface area contributed by atoms with Gasteiger partial charge in [-0.05, 0) is 36.2 Å². The molecule has 3 atom stereocenters. The SMILES string of the molecule is O=C(N[C@H]1C[C@H]2C(=O)N[C@H](Cc3ccc(O)cc3)C(=O)N2C1)c1c(Cl)cccc1Cl. The molecule has 3 amide bonds. The average molecular weight is 448 g/mol. The minimum absolute atomic E-state index is 0.134. The number of nitrogens with one attached hydrogen (secondary N) is 2. The molecular formula is C21H19Cl2N3O4. The van der Waals surface area contributed by atoms with Crippen molar-refractivity contribution in [2.24, 2.45) is 0 Å². The van der Waals surface area contributed by atoms with Crippen LogP contribution in [-0.2, 0) is 16.0 Å². The summed E-state index contributed by atoms with van der Waals surface area (Å²) < 4.78 is 0. The first-order chi connectivity index (χ1) is 14.3. The zero-order valence-electron chi connectivity index (χ0n) is 15.8. The molecule has 2 heterocycles. The summed E-state index contributed by atoms with van der Waals surface area (Å²) in [5.41, 5.74) is 0.994. The highest BCUT2D eigenvalue weighted by atomic mass is 35.5. The summed E-state index contributed by atoms with van der Waals surface area (Å²) in [6.45, 7) is 0.233. The zero-order chi connectivity index (χ0) is 21.4. The van der Waals surface area contributed by atoms with Crippen LogP contribution in [0.15, 0.2) is 42.5 Å². The van der Waals surface area contributed by atoms with E-state index in [9.17, 15) is 19.5 Å². The number of nitrogens with zero attached hydrogens (tertiary/aromatic N) is 1. The van der Waals surface area contributed by atoms with E-state index >= 15 is 0 Å². The van der Waals surface area contributed by atoms with Crippen molar-refractivity contribution in [1.82, 2.24) is 15.5 Å². The van der Waals surface area contributed by atoms with Crippen molar-refractivity contribution in [2.45, 2.75) is 31.0 Å². The number of aromatic hydroxyl groups is 1. The number of hydrogen-bond acceptors (Lipinski definition) is 4. The fraction of sp³-hybridized carbons (Fsp3) is 0.286. The molecular weight excluding hydrogens is 429 g/mol. The second-order valence-electron chi connectivity index (χ2n) is 7.44. The van der Waals surface area contributed by atoms with Crippen molar-refractivity contribution in [3.63, 3.8) is 0 Å². The van der Waals surface area contributed by atoms with Gasteiger partial charge in [-0.1, -0.05) is 41.4 Å². The van der Waals surface area contributed by atoms with Crippen molar-refractivity contribution >= 4 is 40.9 Å². The van der Waals surface area contributed by atoms with Gasteiger partial charge in [-0.3, -0.25) is 14.4 Å². The van der Waals surface area contributed by atoms with Gasteiger partial charge in [0.25, 0.3) is 5.91 Å². The van der Waals surface area contributed by atoms with Gasteiger partial charge in [0, 0.05) is 19.0 Å². The summed E-state index contributed by atoms with van der Waals surface area (Å²) >= 11 is 12.2. The maximum absolute atomic E-state index is 12.9. The summed E-state index contributed by atoms with van der Waals surface area (Å²) in [4.78, 5) is 39.7. The molecule has 0 saturated carbocycles. The van der Waals surface area contributed by atoms with Gasteiger partial charge in [0.05, 0.1) is 15.6 Å². The third-order valence-corrected chi connectivity index (χ3v) is 6.03. The van der Waals surface area contributed by atoms with E-state index in [0.717, 1.165) is 5.56 Å². The van der Waals surface area contributed by atoms with Crippen molar-refractivity contribution in [3.05, 3.63) is 63.6 Å². The van der Waals surface area contributed by atoms with Crippen LogP contribution in [0.5, 0.6) is 5.75 Å². The molecule has 156 valence electrons. The van der Waals surface area contributed by atoms with Gasteiger partial charge in [0.2, 0.25) is 11.8 Å². The van der Waals surface area contributed by atoms with E-state index in [4.69, 9.17) is 23.2 Å². The third-order valence-electron chi connectivity index (χ3n) is 5.40. The lowest BCUT2D eigenvalue weighted by Crippen LogP contribution is -2.61. The number of halogens is 2. The number of piperazine rings is 1. The molecule has 0 aromatic heterocycles. The smallest absolute Gasteiger partial charge is 0.254 e. The van der Waals surface area contributed by atoms with Crippen molar-refractivity contribution in [3.8, 4) is 5.75 Å². The lowest BCUT2D eigenvalue weighted by Gasteiger charge is -2.34. The van der Waals surface area contributed by atoms with Gasteiger partial charge in [-0.25, -0.2) is 0 Å². The number of fused-ring (bicyclic) bond motifs is 1. The topological polar surface area (TPSA) is 98.7 Å². The number of phenols is 1. The Hall–Kier alpha value is -2.77. The Morgan fingerprint density at radius 1 is 1.13 bits per heavy atom. The summed E-state index contributed by atoms with van der Waals surface area (Å²) in [5.74, 6) is -0.746. The van der Waals surface area contributed by atoms with Gasteiger partial charge < -0.3 is 20.6 Å². The van der Waals surface area contributed by atoms with Gasteiger partial charge in [-0.2, -0.15) is 0 Å². The fourth-order valence-electron chi connectivity index (χ4n) is 3.94. The minimum Gasteiger partial charge on any atom is -0.508 e. The number of carbonyl (C=O) groups excluding carboxylic acids is 3. The standard InChI is InChI=1S/C21H19Cl2N3O4/c22-14-2-1-3-15(23)18(14)20(29)24-12-9-17-19(28)25-16(21(30)26(17)10-12)8-11-4-6-13(27)7-5-11/h1-7,12,16-17,27H,8-10H2,(H,24,29)(H,25,28)/t12-,16+,17-/m0/s1. The molecule has 2 aliphatic heterocycles. The summed E-state index contributed by atoms with van der Waals surface area (Å²) in [7, 11) is 0. The lowest BCUT2D eigenvalue weighted by molar-refractivity contribution is -0.147. The third kappa shape index (κ3) is 3.95. The minimum atomic E-state index is -0.689. The molecule has 0 bridgehead atoms. The Morgan fingerprint density at radius 2 is 1.80 bits per heavy atom. The molecule has 0 aliphatic carbocycles. The Balaban J connectivity index is 1.45. The lowest BCUT2D eigenvalue weighted by atomic mass is 10.0. The van der Waals surface area contributed by atoms with E-state index in [1.807, 2.05) is 0 Å². The highest BCUT2D eigenvalue weighted by Crippen LogP contribution is 2.27. The Bertz CT molecular complexity index is 992. The quantitative estimate of drug-likeness (QED) is 0.668. The molecule has 2 aromatic carbocycles. The van der Waals surface area contributed by atoms with E-state index in [-0.39, 0.29) is 39.7 Å². The number of amides is 3. The Kier molecular flexibility index (Phi) is 5.58. The van der Waals surface area contributed by atoms with Crippen LogP contribution in [0.25, 0.3) is 0 Å². The number of hydrogen-bond donors (Lipinski definition) is 3. The van der Waals surface area contributed by atoms with Crippen LogP contribution in [-0.4, -0.2) is 52.4 Å². The summed E-state index contributed by atoms with van der Waals surface area (Å²) in [6.07, 6.45) is 0.637. The molecule has 0 spiro atoms. The molecule has 2 aromatic rings. The van der Waals surface area contributed by atoms with Crippen LogP contribution < -0.4 is 10.6 Å². The first kappa shape index (κ1) is 20.5. The van der Waals surface area contributed by atoms with Crippen LogP contribution in [0, 0.1) is 0 Å². The van der Waals surface area contributed by atoms with Crippen LogP contribution in [0.2, 0.25) is 10.0 Å². The van der Waals surface area contributed by atoms with Gasteiger partial charge in [-0.15, -0.1) is 0 Å². The van der Waals surface area contributed by atoms with Crippen LogP contribution in [0.4, 0.5) is 0 Å². The molecule has 7 nitrogen and oxygen atoms in total. The molecule has 9 heteroatoms. The van der Waals surface area contributed by atoms with Crippen LogP contribution in [0.3, 0.4) is 0 Å². The molecule has 2 fully saturated rings. The average Bonchev–Trinajstić information content (AvgIpc) is 3.12. The van der Waals surface area contributed by atoms with Crippen LogP contribution in [0.1, 0.15) is 22.3 Å². The van der Waals surface area contributed by atoms with Gasteiger partial charge >= 0.3 is 0 Å². The Labute approximate surface area is 183 Å². The molecule has 2 aliphatic rings. The predicted octanol–water partition coefficient (Wildman–Crippen LogP) is 2.14. The Morgan fingerprint density at radius 3 is 2.47 bits per heavy atom. The second-order valence-corrected chi connectivity index (χ2v) is 8.26. The molecule has 30 heavy (non-hydrogen) atoms. The van der Waals surface area contributed by atoms with E-state index in [1.165, 1.54) is 17.0 Å². The molecule has 2 saturated heterocycles. The normalized spacial score (nSPS) is 23.1. The van der Waals surface area contributed by atoms with Crippen molar-refractivity contribution < 1.29 is 19.5 Å². The van der Waals surface area contributed by atoms with E-state index in [0.29, 0.717) is 12.8 Å². The highest BCUT2D eigenvalue weighted by Gasteiger charge is 2.46. The van der Waals surface area contributed by atoms with E-state index in [2.05, 4.69) is 10.6 Å². The number of benzene rings is 2.